The fraction of sp³-hybridized carbons (Fsp3) is 0.917. The van der Waals surface area contributed by atoms with Gasteiger partial charge in [0.05, 0.1) is 6.10 Å². The number of rotatable bonds is 0. The topological polar surface area (TPSA) is 49.8 Å². The van der Waals surface area contributed by atoms with E-state index in [4.69, 9.17) is 4.74 Å². The summed E-state index contributed by atoms with van der Waals surface area (Å²) < 4.78 is 5.33. The molecule has 16 heavy (non-hydrogen) atoms. The van der Waals surface area contributed by atoms with Gasteiger partial charge < -0.3 is 14.7 Å². The molecule has 1 amide bonds. The highest BCUT2D eigenvalue weighted by molar-refractivity contribution is 5.68. The summed E-state index contributed by atoms with van der Waals surface area (Å²) in [5, 5.41) is 9.75. The maximum Gasteiger partial charge on any atom is 0.410 e. The molecule has 0 bridgehead atoms. The van der Waals surface area contributed by atoms with Crippen LogP contribution in [0.5, 0.6) is 0 Å². The zero-order valence-corrected chi connectivity index (χ0v) is 10.3. The summed E-state index contributed by atoms with van der Waals surface area (Å²) in [5.74, 6) is 0.745. The van der Waals surface area contributed by atoms with E-state index in [-0.39, 0.29) is 18.1 Å². The normalized spacial score (nSPS) is 34.0. The lowest BCUT2D eigenvalue weighted by molar-refractivity contribution is 0.0263. The van der Waals surface area contributed by atoms with Crippen molar-refractivity contribution in [1.29, 1.82) is 0 Å². The molecule has 1 saturated carbocycles. The molecule has 0 aromatic carbocycles. The largest absolute Gasteiger partial charge is 0.444 e. The maximum atomic E-state index is 11.8. The van der Waals surface area contributed by atoms with Crippen LogP contribution in [-0.2, 0) is 4.74 Å². The Morgan fingerprint density at radius 2 is 2.00 bits per heavy atom. The molecule has 2 rings (SSSR count). The Morgan fingerprint density at radius 1 is 1.31 bits per heavy atom. The number of fused-ring (bicyclic) bond motifs is 1. The molecule has 1 aliphatic carbocycles. The van der Waals surface area contributed by atoms with Crippen molar-refractivity contribution in [2.45, 2.75) is 45.3 Å². The second-order valence-electron chi connectivity index (χ2n) is 5.95. The van der Waals surface area contributed by atoms with Crippen LogP contribution in [0.2, 0.25) is 0 Å². The van der Waals surface area contributed by atoms with E-state index in [0.29, 0.717) is 12.5 Å². The van der Waals surface area contributed by atoms with Crippen LogP contribution in [-0.4, -0.2) is 40.9 Å². The highest BCUT2D eigenvalue weighted by Crippen LogP contribution is 2.38. The van der Waals surface area contributed by atoms with E-state index in [9.17, 15) is 9.90 Å². The van der Waals surface area contributed by atoms with Gasteiger partial charge in [0.2, 0.25) is 0 Å². The van der Waals surface area contributed by atoms with Gasteiger partial charge in [-0.2, -0.15) is 0 Å². The van der Waals surface area contributed by atoms with Crippen LogP contribution in [0.25, 0.3) is 0 Å². The average Bonchev–Trinajstić information content (AvgIpc) is 2.65. The number of carbonyl (C=O) groups is 1. The quantitative estimate of drug-likeness (QED) is 0.684. The molecular weight excluding hydrogens is 206 g/mol. The van der Waals surface area contributed by atoms with Gasteiger partial charge in [0.15, 0.2) is 0 Å². The molecule has 0 aromatic heterocycles. The van der Waals surface area contributed by atoms with Gasteiger partial charge >= 0.3 is 6.09 Å². The lowest BCUT2D eigenvalue weighted by atomic mass is 10.00. The fourth-order valence-electron chi connectivity index (χ4n) is 2.71. The molecule has 0 radical (unpaired) electrons. The first-order valence-corrected chi connectivity index (χ1v) is 6.03. The molecule has 3 atom stereocenters. The molecule has 1 heterocycles. The van der Waals surface area contributed by atoms with Crippen LogP contribution in [0.1, 0.15) is 33.6 Å². The Bertz CT molecular complexity index is 284. The van der Waals surface area contributed by atoms with Crippen molar-refractivity contribution >= 4 is 6.09 Å². The number of carbonyl (C=O) groups excluding carboxylic acids is 1. The van der Waals surface area contributed by atoms with E-state index < -0.39 is 5.60 Å². The molecule has 1 N–H and O–H groups in total. The minimum absolute atomic E-state index is 0.225. The second kappa shape index (κ2) is 3.91. The average molecular weight is 227 g/mol. The number of amides is 1. The Hall–Kier alpha value is -0.770. The number of hydrogen-bond acceptors (Lipinski definition) is 3. The molecule has 1 saturated heterocycles. The van der Waals surface area contributed by atoms with E-state index in [1.807, 2.05) is 20.8 Å². The first-order chi connectivity index (χ1) is 7.37. The number of aliphatic hydroxyl groups excluding tert-OH is 1. The van der Waals surface area contributed by atoms with Crippen molar-refractivity contribution in [3.63, 3.8) is 0 Å². The molecule has 4 heteroatoms. The summed E-state index contributed by atoms with van der Waals surface area (Å²) in [6.45, 7) is 7.02. The molecule has 92 valence electrons. The number of nitrogens with zero attached hydrogens (tertiary/aromatic N) is 1. The monoisotopic (exact) mass is 227 g/mol. The minimum Gasteiger partial charge on any atom is -0.444 e. The van der Waals surface area contributed by atoms with Crippen LogP contribution in [0.4, 0.5) is 4.79 Å². The Kier molecular flexibility index (Phi) is 2.86. The molecule has 4 nitrogen and oxygen atoms in total. The standard InChI is InChI=1S/C12H21NO3/c1-12(2,3)16-11(15)13-6-8-4-5-10(14)9(8)7-13/h8-10,14H,4-7H2,1-3H3/t8-,9-,10-/m0/s1. The van der Waals surface area contributed by atoms with Crippen molar-refractivity contribution in [3.8, 4) is 0 Å². The summed E-state index contributed by atoms with van der Waals surface area (Å²) in [6, 6.07) is 0. The summed E-state index contributed by atoms with van der Waals surface area (Å²) in [7, 11) is 0. The van der Waals surface area contributed by atoms with Crippen molar-refractivity contribution in [2.75, 3.05) is 13.1 Å². The van der Waals surface area contributed by atoms with E-state index in [1.54, 1.807) is 4.90 Å². The van der Waals surface area contributed by atoms with Gasteiger partial charge in [0.25, 0.3) is 0 Å². The van der Waals surface area contributed by atoms with Crippen molar-refractivity contribution in [3.05, 3.63) is 0 Å². The summed E-state index contributed by atoms with van der Waals surface area (Å²) in [5.41, 5.74) is -0.437. The minimum atomic E-state index is -0.437. The Labute approximate surface area is 96.6 Å². The smallest absolute Gasteiger partial charge is 0.410 e. The Balaban J connectivity index is 1.92. The van der Waals surface area contributed by atoms with Gasteiger partial charge in [0.1, 0.15) is 5.60 Å². The highest BCUT2D eigenvalue weighted by Gasteiger charge is 2.44. The first-order valence-electron chi connectivity index (χ1n) is 6.03. The van der Waals surface area contributed by atoms with Gasteiger partial charge in [-0.3, -0.25) is 0 Å². The SMILES string of the molecule is CC(C)(C)OC(=O)N1C[C@@H]2CC[C@H](O)[C@H]2C1. The van der Waals surface area contributed by atoms with E-state index >= 15 is 0 Å². The van der Waals surface area contributed by atoms with Crippen LogP contribution in [0, 0.1) is 11.8 Å². The lowest BCUT2D eigenvalue weighted by Crippen LogP contribution is -2.36. The summed E-state index contributed by atoms with van der Waals surface area (Å²) in [6.07, 6.45) is 1.45. The van der Waals surface area contributed by atoms with Crippen LogP contribution in [0.15, 0.2) is 0 Å². The van der Waals surface area contributed by atoms with Gasteiger partial charge in [0, 0.05) is 19.0 Å². The molecule has 0 spiro atoms. The molecular formula is C12H21NO3. The van der Waals surface area contributed by atoms with Gasteiger partial charge in [-0.1, -0.05) is 0 Å². The van der Waals surface area contributed by atoms with Crippen molar-refractivity contribution in [2.24, 2.45) is 11.8 Å². The van der Waals surface area contributed by atoms with E-state index in [1.165, 1.54) is 0 Å². The third-order valence-electron chi connectivity index (χ3n) is 3.47. The zero-order valence-electron chi connectivity index (χ0n) is 10.3. The number of likely N-dealkylation sites (tertiary alicyclic amines) is 1. The molecule has 1 aliphatic heterocycles. The van der Waals surface area contributed by atoms with Gasteiger partial charge in [-0.15, -0.1) is 0 Å². The molecule has 0 unspecified atom stereocenters. The predicted molar refractivity (Wildman–Crippen MR) is 60.0 cm³/mol. The second-order valence-corrected chi connectivity index (χ2v) is 5.95. The van der Waals surface area contributed by atoms with Crippen LogP contribution < -0.4 is 0 Å². The summed E-state index contributed by atoms with van der Waals surface area (Å²) >= 11 is 0. The highest BCUT2D eigenvalue weighted by atomic mass is 16.6. The van der Waals surface area contributed by atoms with Crippen molar-refractivity contribution < 1.29 is 14.6 Å². The number of ether oxygens (including phenoxy) is 1. The van der Waals surface area contributed by atoms with Crippen LogP contribution in [0.3, 0.4) is 0 Å². The van der Waals surface area contributed by atoms with Crippen LogP contribution >= 0.6 is 0 Å². The fourth-order valence-corrected chi connectivity index (χ4v) is 2.71. The molecule has 2 fully saturated rings. The van der Waals surface area contributed by atoms with Crippen molar-refractivity contribution in [1.82, 2.24) is 4.90 Å². The van der Waals surface area contributed by atoms with E-state index in [2.05, 4.69) is 0 Å². The number of hydrogen-bond donors (Lipinski definition) is 1. The molecule has 0 aromatic rings. The predicted octanol–water partition coefficient (Wildman–Crippen LogP) is 1.62. The Morgan fingerprint density at radius 3 is 2.56 bits per heavy atom. The third kappa shape index (κ3) is 2.32. The summed E-state index contributed by atoms with van der Waals surface area (Å²) in [4.78, 5) is 13.6. The van der Waals surface area contributed by atoms with Gasteiger partial charge in [-0.25, -0.2) is 4.79 Å². The maximum absolute atomic E-state index is 11.8. The molecule has 2 aliphatic rings. The van der Waals surface area contributed by atoms with Gasteiger partial charge in [-0.05, 0) is 39.5 Å². The first kappa shape index (κ1) is 11.7. The lowest BCUT2D eigenvalue weighted by Gasteiger charge is -2.25. The third-order valence-corrected chi connectivity index (χ3v) is 3.47. The zero-order chi connectivity index (χ0) is 11.9. The number of aliphatic hydroxyl groups is 1. The van der Waals surface area contributed by atoms with E-state index in [0.717, 1.165) is 19.4 Å².